The maximum Gasteiger partial charge on any atom is 0.243 e. The minimum Gasteiger partial charge on any atom is -0.240 e. The Morgan fingerprint density at radius 3 is 1.71 bits per heavy atom. The van der Waals surface area contributed by atoms with Gasteiger partial charge in [0.25, 0.3) is 0 Å². The fourth-order valence-corrected chi connectivity index (χ4v) is 1.36. The molecule has 74 valence electrons. The maximum atomic E-state index is 7.76. The summed E-state index contributed by atoms with van der Waals surface area (Å²) in [6.45, 7) is 1.42. The zero-order valence-corrected chi connectivity index (χ0v) is 8.51. The monoisotopic (exact) mass is 194 g/mol. The van der Waals surface area contributed by atoms with Gasteiger partial charge >= 0.3 is 0 Å². The molecule has 0 aromatic carbocycles. The zero-order chi connectivity index (χ0) is 11.7. The van der Waals surface area contributed by atoms with Crippen molar-refractivity contribution in [1.82, 2.24) is 9.13 Å². The first kappa shape index (κ1) is 6.81. The molecular weight excluding hydrogens is 176 g/mol. The molecule has 0 aliphatic rings. The van der Waals surface area contributed by atoms with Crippen LogP contribution in [0.4, 0.5) is 0 Å². The van der Waals surface area contributed by atoms with Crippen molar-refractivity contribution in [2.24, 2.45) is 14.1 Å². The lowest BCUT2D eigenvalue weighted by Gasteiger charge is -1.92. The van der Waals surface area contributed by atoms with Gasteiger partial charge in [-0.1, -0.05) is 0 Å². The Hall–Kier alpha value is -1.58. The summed E-state index contributed by atoms with van der Waals surface area (Å²) in [6, 6.07) is 0. The van der Waals surface area contributed by atoms with E-state index in [1.54, 1.807) is 9.13 Å². The fraction of sp³-hybridized carbons (Fsp3) is 0.400. The second-order valence-corrected chi connectivity index (χ2v) is 3.40. The number of nitrogens with zero attached hydrogens (tertiary/aromatic N) is 4. The second-order valence-electron chi connectivity index (χ2n) is 3.40. The van der Waals surface area contributed by atoms with Gasteiger partial charge < -0.3 is 0 Å². The Bertz CT molecular complexity index is 455. The molecular formula is C10H16N4+2. The summed E-state index contributed by atoms with van der Waals surface area (Å²) in [6.07, 6.45) is 8.44. The number of hydrogen-bond acceptors (Lipinski definition) is 0. The van der Waals surface area contributed by atoms with E-state index in [2.05, 4.69) is 0 Å². The van der Waals surface area contributed by atoms with Crippen molar-refractivity contribution in [3.05, 3.63) is 37.4 Å². The van der Waals surface area contributed by atoms with E-state index in [0.29, 0.717) is 25.7 Å². The van der Waals surface area contributed by atoms with E-state index < -0.39 is 0 Å². The number of hydrogen-bond donors (Lipinski definition) is 0. The van der Waals surface area contributed by atoms with Crippen LogP contribution in [0.15, 0.2) is 37.4 Å². The van der Waals surface area contributed by atoms with Gasteiger partial charge in [-0.2, -0.15) is 0 Å². The highest BCUT2D eigenvalue weighted by molar-refractivity contribution is 4.69. The van der Waals surface area contributed by atoms with E-state index in [9.17, 15) is 0 Å². The smallest absolute Gasteiger partial charge is 0.240 e. The largest absolute Gasteiger partial charge is 0.243 e. The molecule has 0 aliphatic carbocycles. The van der Waals surface area contributed by atoms with Gasteiger partial charge in [0, 0.05) is 0 Å². The maximum absolute atomic E-state index is 7.76. The predicted octanol–water partition coefficient (Wildman–Crippen LogP) is -0.361. The molecule has 2 rings (SSSR count). The third-order valence-electron chi connectivity index (χ3n) is 2.09. The molecule has 4 nitrogen and oxygen atoms in total. The van der Waals surface area contributed by atoms with Gasteiger partial charge in [-0.25, -0.2) is 18.3 Å². The first-order valence-electron chi connectivity index (χ1n) is 5.62. The van der Waals surface area contributed by atoms with Crippen LogP contribution >= 0.6 is 0 Å². The van der Waals surface area contributed by atoms with Crippen molar-refractivity contribution in [3.63, 3.8) is 0 Å². The summed E-state index contributed by atoms with van der Waals surface area (Å²) in [5.41, 5.74) is 0. The number of aryl methyl sites for hydroxylation is 4. The quantitative estimate of drug-likeness (QED) is 0.594. The van der Waals surface area contributed by atoms with E-state index in [-0.39, 0.29) is 0 Å². The van der Waals surface area contributed by atoms with Crippen LogP contribution in [0.3, 0.4) is 0 Å². The van der Waals surface area contributed by atoms with Crippen molar-refractivity contribution in [1.29, 1.82) is 0 Å². The number of rotatable bonds is 3. The molecule has 4 heteroatoms. The highest BCUT2D eigenvalue weighted by atomic mass is 15.1. The van der Waals surface area contributed by atoms with Gasteiger partial charge in [-0.05, 0) is 0 Å². The van der Waals surface area contributed by atoms with E-state index in [0.717, 1.165) is 0 Å². The molecule has 0 aliphatic heterocycles. The Morgan fingerprint density at radius 2 is 1.43 bits per heavy atom. The lowest BCUT2D eigenvalue weighted by Crippen LogP contribution is -2.24. The molecule has 0 radical (unpaired) electrons. The van der Waals surface area contributed by atoms with Gasteiger partial charge in [-0.3, -0.25) is 0 Å². The van der Waals surface area contributed by atoms with E-state index in [1.165, 1.54) is 0 Å². The molecule has 0 spiro atoms. The summed E-state index contributed by atoms with van der Waals surface area (Å²) in [5, 5.41) is 0. The first-order valence-corrected chi connectivity index (χ1v) is 4.62. The van der Waals surface area contributed by atoms with Crippen LogP contribution in [0.5, 0.6) is 0 Å². The molecule has 0 saturated carbocycles. The van der Waals surface area contributed by atoms with Crippen molar-refractivity contribution in [2.75, 3.05) is 0 Å². The third kappa shape index (κ3) is 2.02. The molecule has 0 unspecified atom stereocenters. The van der Waals surface area contributed by atoms with Crippen molar-refractivity contribution in [2.45, 2.75) is 13.1 Å². The molecule has 14 heavy (non-hydrogen) atoms. The second kappa shape index (κ2) is 3.65. The molecule has 0 atom stereocenters. The lowest BCUT2D eigenvalue weighted by atomic mass is 10.6. The molecule has 2 heterocycles. The highest BCUT2D eigenvalue weighted by Crippen LogP contribution is 1.89. The van der Waals surface area contributed by atoms with Gasteiger partial charge in [0.1, 0.15) is 37.9 Å². The molecule has 0 amide bonds. The average Bonchev–Trinajstić information content (AvgIpc) is 2.74. The van der Waals surface area contributed by atoms with Crippen LogP contribution in [0, 0.1) is 0 Å². The molecule has 2 aromatic heterocycles. The zero-order valence-electron chi connectivity index (χ0n) is 10.5. The van der Waals surface area contributed by atoms with Crippen LogP contribution in [0.2, 0.25) is 0 Å². The fourth-order valence-electron chi connectivity index (χ4n) is 1.36. The molecule has 2 aromatic rings. The van der Waals surface area contributed by atoms with E-state index >= 15 is 0 Å². The SMILES string of the molecule is [2H]c1n(CCn2cc[n+](C)c2[2H])cc[n+]1C. The van der Waals surface area contributed by atoms with Gasteiger partial charge in [-0.15, -0.1) is 0 Å². The van der Waals surface area contributed by atoms with Crippen LogP contribution in [0.1, 0.15) is 2.74 Å². The summed E-state index contributed by atoms with van der Waals surface area (Å²) in [7, 11) is 3.70. The Morgan fingerprint density at radius 1 is 1.00 bits per heavy atom. The summed E-state index contributed by atoms with van der Waals surface area (Å²) >= 11 is 0. The van der Waals surface area contributed by atoms with Crippen LogP contribution in [0.25, 0.3) is 0 Å². The van der Waals surface area contributed by atoms with Crippen molar-refractivity contribution in [3.8, 4) is 0 Å². The molecule has 0 fully saturated rings. The van der Waals surface area contributed by atoms with Crippen molar-refractivity contribution < 1.29 is 11.9 Å². The number of imidazole rings is 2. The predicted molar refractivity (Wildman–Crippen MR) is 51.2 cm³/mol. The van der Waals surface area contributed by atoms with Gasteiger partial charge in [0.15, 0.2) is 2.74 Å². The Balaban J connectivity index is 2.08. The summed E-state index contributed by atoms with van der Waals surface area (Å²) in [4.78, 5) is 0. The summed E-state index contributed by atoms with van der Waals surface area (Å²) in [5.74, 6) is 0. The van der Waals surface area contributed by atoms with E-state index in [4.69, 9.17) is 2.74 Å². The average molecular weight is 194 g/mol. The minimum atomic E-state index is 0.475. The van der Waals surface area contributed by atoms with Crippen molar-refractivity contribution >= 4 is 0 Å². The van der Waals surface area contributed by atoms with Gasteiger partial charge in [0.05, 0.1) is 14.1 Å². The summed E-state index contributed by atoms with van der Waals surface area (Å²) < 4.78 is 22.8. The molecule has 0 saturated heterocycles. The van der Waals surface area contributed by atoms with Crippen LogP contribution in [-0.2, 0) is 27.2 Å². The molecule has 0 bridgehead atoms. The number of aromatic nitrogens is 4. The normalized spacial score (nSPS) is 12.7. The van der Waals surface area contributed by atoms with Crippen LogP contribution < -0.4 is 9.13 Å². The first-order chi connectivity index (χ1) is 7.59. The van der Waals surface area contributed by atoms with Gasteiger partial charge in [0.2, 0.25) is 12.6 Å². The lowest BCUT2D eigenvalue weighted by molar-refractivity contribution is -0.671. The third-order valence-corrected chi connectivity index (χ3v) is 2.09. The molecule has 0 N–H and O–H groups in total. The topological polar surface area (TPSA) is 17.6 Å². The standard InChI is InChI=1S/C10H16N4/c1-11-3-5-13(9-11)7-8-14-6-4-12(2)10-14/h3-6,9-10H,7-8H2,1-2H3/q+2/i9D,10D. The Kier molecular flexibility index (Phi) is 1.78. The van der Waals surface area contributed by atoms with Crippen LogP contribution in [-0.4, -0.2) is 9.13 Å². The Labute approximate surface area is 86.5 Å². The minimum absolute atomic E-state index is 0.475. The van der Waals surface area contributed by atoms with E-state index in [1.807, 2.05) is 48.0 Å². The highest BCUT2D eigenvalue weighted by Gasteiger charge is 2.03.